The number of hydrogen-bond donors (Lipinski definition) is 2. The van der Waals surface area contributed by atoms with Gasteiger partial charge in [-0.1, -0.05) is 5.16 Å². The maximum Gasteiger partial charge on any atom is 0.416 e. The van der Waals surface area contributed by atoms with Crippen molar-refractivity contribution in [2.24, 2.45) is 0 Å². The van der Waals surface area contributed by atoms with Crippen LogP contribution in [0.5, 0.6) is 5.75 Å². The normalized spacial score (nSPS) is 13.5. The Morgan fingerprint density at radius 1 is 1.19 bits per heavy atom. The summed E-state index contributed by atoms with van der Waals surface area (Å²) in [5, 5.41) is 8.45. The van der Waals surface area contributed by atoms with E-state index in [-0.39, 0.29) is 9.99 Å². The van der Waals surface area contributed by atoms with Gasteiger partial charge in [0, 0.05) is 28.0 Å². The van der Waals surface area contributed by atoms with Gasteiger partial charge in [0.15, 0.2) is 11.5 Å². The van der Waals surface area contributed by atoms with Crippen LogP contribution in [0.15, 0.2) is 57.8 Å². The van der Waals surface area contributed by atoms with E-state index in [2.05, 4.69) is 36.4 Å². The van der Waals surface area contributed by atoms with Crippen molar-refractivity contribution in [3.05, 3.63) is 70.2 Å². The topological polar surface area (TPSA) is 79.2 Å². The van der Waals surface area contributed by atoms with Crippen molar-refractivity contribution < 1.29 is 22.5 Å². The number of fused-ring (bicyclic) bond motifs is 2. The van der Waals surface area contributed by atoms with Crippen LogP contribution in [-0.4, -0.2) is 20.2 Å². The molecule has 0 radical (unpaired) electrons. The minimum atomic E-state index is -4.44. The highest BCUT2D eigenvalue weighted by atomic mass is 79.9. The van der Waals surface area contributed by atoms with Gasteiger partial charge in [-0.25, -0.2) is 10.0 Å². The van der Waals surface area contributed by atoms with Crippen LogP contribution in [0.25, 0.3) is 17.1 Å². The number of rotatable bonds is 4. The summed E-state index contributed by atoms with van der Waals surface area (Å²) in [7, 11) is 0. The maximum absolute atomic E-state index is 13.0. The summed E-state index contributed by atoms with van der Waals surface area (Å²) >= 11 is 3.16. The van der Waals surface area contributed by atoms with Crippen molar-refractivity contribution in [3.63, 3.8) is 0 Å². The van der Waals surface area contributed by atoms with Crippen LogP contribution in [-0.2, 0) is 12.7 Å². The van der Waals surface area contributed by atoms with E-state index in [1.54, 1.807) is 47.8 Å². The Morgan fingerprint density at radius 2 is 2.00 bits per heavy atom. The molecule has 7 nitrogen and oxygen atoms in total. The lowest BCUT2D eigenvalue weighted by molar-refractivity contribution is -0.137. The fourth-order valence-corrected chi connectivity index (χ4v) is 3.68. The van der Waals surface area contributed by atoms with Gasteiger partial charge in [-0.3, -0.25) is 0 Å². The number of hydroxylamine groups is 2. The van der Waals surface area contributed by atoms with Gasteiger partial charge in [-0.05, 0) is 52.3 Å². The minimum Gasteiger partial charge on any atom is -0.380 e. The molecule has 4 aromatic rings. The molecular weight excluding hydrogens is 479 g/mol. The van der Waals surface area contributed by atoms with Crippen LogP contribution in [0.3, 0.4) is 0 Å². The second kappa shape index (κ2) is 7.34. The van der Waals surface area contributed by atoms with Crippen molar-refractivity contribution in [3.8, 4) is 5.75 Å². The molecule has 1 aliphatic rings. The van der Waals surface area contributed by atoms with E-state index in [0.29, 0.717) is 35.2 Å². The van der Waals surface area contributed by atoms with Gasteiger partial charge in [0.2, 0.25) is 5.95 Å². The van der Waals surface area contributed by atoms with Crippen LogP contribution in [0.4, 0.5) is 24.8 Å². The molecule has 0 bridgehead atoms. The number of aromatic nitrogens is 3. The molecule has 0 spiro atoms. The SMILES string of the molecule is FC(F)(F)c1cc(Br)c2nc(Nc3ccc(ON4C=Cc5oncc5C4)cc3)[nH]c2c1. The van der Waals surface area contributed by atoms with E-state index in [1.807, 2.05) is 0 Å². The van der Waals surface area contributed by atoms with Crippen molar-refractivity contribution >= 4 is 44.7 Å². The molecule has 3 heterocycles. The van der Waals surface area contributed by atoms with Gasteiger partial charge in [0.05, 0.1) is 23.8 Å². The number of nitrogens with zero attached hydrogens (tertiary/aromatic N) is 3. The molecule has 0 saturated carbocycles. The van der Waals surface area contributed by atoms with Gasteiger partial charge < -0.3 is 19.7 Å². The summed E-state index contributed by atoms with van der Waals surface area (Å²) < 4.78 is 44.4. The van der Waals surface area contributed by atoms with Gasteiger partial charge in [0.25, 0.3) is 0 Å². The standard InChI is InChI=1S/C20H13BrF3N5O2/c21-15-7-12(20(22,23)24)8-16-18(15)28-19(27-16)26-13-1-3-14(4-2-13)31-29-6-5-17-11(10-29)9-25-30-17/h1-9H,10H2,(H2,26,27,28). The highest BCUT2D eigenvalue weighted by molar-refractivity contribution is 9.10. The second-order valence-corrected chi connectivity index (χ2v) is 7.64. The number of hydrogen-bond acceptors (Lipinski definition) is 6. The zero-order valence-corrected chi connectivity index (χ0v) is 17.2. The highest BCUT2D eigenvalue weighted by Gasteiger charge is 2.31. The summed E-state index contributed by atoms with van der Waals surface area (Å²) in [5.41, 5.74) is 1.53. The molecule has 0 unspecified atom stereocenters. The highest BCUT2D eigenvalue weighted by Crippen LogP contribution is 2.35. The van der Waals surface area contributed by atoms with E-state index in [4.69, 9.17) is 9.36 Å². The molecule has 0 saturated heterocycles. The first-order chi connectivity index (χ1) is 14.8. The second-order valence-electron chi connectivity index (χ2n) is 6.78. The number of benzene rings is 2. The van der Waals surface area contributed by atoms with Crippen molar-refractivity contribution in [2.45, 2.75) is 12.7 Å². The number of alkyl halides is 3. The van der Waals surface area contributed by atoms with Crippen LogP contribution >= 0.6 is 15.9 Å². The molecule has 0 amide bonds. The number of aromatic amines is 1. The minimum absolute atomic E-state index is 0.260. The lowest BCUT2D eigenvalue weighted by Gasteiger charge is -2.22. The molecule has 11 heteroatoms. The first kappa shape index (κ1) is 19.5. The number of halogens is 4. The molecule has 2 N–H and O–H groups in total. The van der Waals surface area contributed by atoms with Crippen molar-refractivity contribution in [1.82, 2.24) is 20.2 Å². The third-order valence-corrected chi connectivity index (χ3v) is 5.21. The van der Waals surface area contributed by atoms with E-state index in [9.17, 15) is 13.2 Å². The van der Waals surface area contributed by atoms with Crippen LogP contribution in [0.1, 0.15) is 16.9 Å². The third-order valence-electron chi connectivity index (χ3n) is 4.60. The molecule has 31 heavy (non-hydrogen) atoms. The predicted molar refractivity (Wildman–Crippen MR) is 110 cm³/mol. The molecule has 2 aromatic heterocycles. The van der Waals surface area contributed by atoms with Crippen molar-refractivity contribution in [2.75, 3.05) is 5.32 Å². The summed E-state index contributed by atoms with van der Waals surface area (Å²) in [6.07, 6.45) is 0.725. The lowest BCUT2D eigenvalue weighted by Crippen LogP contribution is -2.23. The first-order valence-electron chi connectivity index (χ1n) is 9.05. The lowest BCUT2D eigenvalue weighted by atomic mass is 10.2. The predicted octanol–water partition coefficient (Wildman–Crippen LogP) is 5.86. The molecule has 5 rings (SSSR count). The number of anilines is 2. The van der Waals surface area contributed by atoms with Gasteiger partial charge in [0.1, 0.15) is 5.52 Å². The summed E-state index contributed by atoms with van der Waals surface area (Å²) in [5.74, 6) is 1.64. The Kier molecular flexibility index (Phi) is 4.62. The van der Waals surface area contributed by atoms with Crippen LogP contribution in [0.2, 0.25) is 0 Å². The smallest absolute Gasteiger partial charge is 0.380 e. The van der Waals surface area contributed by atoms with E-state index in [1.165, 1.54) is 0 Å². The molecule has 158 valence electrons. The summed E-state index contributed by atoms with van der Waals surface area (Å²) in [4.78, 5) is 13.0. The van der Waals surface area contributed by atoms with Gasteiger partial charge in [-0.2, -0.15) is 13.2 Å². The zero-order chi connectivity index (χ0) is 21.6. The summed E-state index contributed by atoms with van der Waals surface area (Å²) in [6.45, 7) is 0.503. The molecular formula is C20H13BrF3N5O2. The summed E-state index contributed by atoms with van der Waals surface area (Å²) in [6, 6.07) is 9.12. The van der Waals surface area contributed by atoms with Crippen LogP contribution < -0.4 is 10.2 Å². The quantitative estimate of drug-likeness (QED) is 0.372. The van der Waals surface area contributed by atoms with E-state index < -0.39 is 11.7 Å². The third kappa shape index (κ3) is 3.96. The Balaban J connectivity index is 1.29. The van der Waals surface area contributed by atoms with Crippen molar-refractivity contribution in [1.29, 1.82) is 0 Å². The largest absolute Gasteiger partial charge is 0.416 e. The molecule has 0 atom stereocenters. The Labute approximate surface area is 181 Å². The number of nitrogens with one attached hydrogen (secondary N) is 2. The molecule has 0 fully saturated rings. The average Bonchev–Trinajstić information content (AvgIpc) is 3.35. The number of H-pyrrole nitrogens is 1. The Bertz CT molecular complexity index is 1280. The van der Waals surface area contributed by atoms with Gasteiger partial charge >= 0.3 is 6.18 Å². The molecule has 1 aliphatic heterocycles. The monoisotopic (exact) mass is 491 g/mol. The fraction of sp³-hybridized carbons (Fsp3) is 0.100. The fourth-order valence-electron chi connectivity index (χ4n) is 3.13. The zero-order valence-electron chi connectivity index (χ0n) is 15.6. The molecule has 2 aromatic carbocycles. The van der Waals surface area contributed by atoms with Gasteiger partial charge in [-0.15, -0.1) is 0 Å². The Hall–Kier alpha value is -3.47. The maximum atomic E-state index is 13.0. The van der Waals surface area contributed by atoms with E-state index >= 15 is 0 Å². The Morgan fingerprint density at radius 3 is 2.77 bits per heavy atom. The van der Waals surface area contributed by atoms with E-state index in [0.717, 1.165) is 17.7 Å². The number of imidazole rings is 1. The first-order valence-corrected chi connectivity index (χ1v) is 9.84. The molecule has 0 aliphatic carbocycles. The average molecular weight is 492 g/mol. The van der Waals surface area contributed by atoms with Crippen LogP contribution in [0, 0.1) is 0 Å².